The summed E-state index contributed by atoms with van der Waals surface area (Å²) < 4.78 is 44.8. The second-order valence-corrected chi connectivity index (χ2v) is 6.64. The Morgan fingerprint density at radius 1 is 1.50 bits per heavy atom. The number of ether oxygens (including phenoxy) is 3. The summed E-state index contributed by atoms with van der Waals surface area (Å²) in [7, 11) is 1.51. The largest absolute Gasteiger partial charge is 0.509 e. The van der Waals surface area contributed by atoms with Gasteiger partial charge >= 0.3 is 17.8 Å². The van der Waals surface area contributed by atoms with E-state index in [0.717, 1.165) is 6.20 Å². The monoisotopic (exact) mass is 377 g/mol. The van der Waals surface area contributed by atoms with Gasteiger partial charge in [0.2, 0.25) is 12.3 Å². The Morgan fingerprint density at radius 2 is 2.15 bits per heavy atom. The van der Waals surface area contributed by atoms with Gasteiger partial charge in [-0.3, -0.25) is 4.57 Å². The van der Waals surface area contributed by atoms with Crippen LogP contribution < -0.4 is 11.0 Å². The minimum atomic E-state index is -3.81. The van der Waals surface area contributed by atoms with Gasteiger partial charge in [-0.2, -0.15) is 13.8 Å². The van der Waals surface area contributed by atoms with E-state index in [-0.39, 0.29) is 5.82 Å². The number of anilines is 1. The number of alkyl halides is 2. The van der Waals surface area contributed by atoms with Crippen LogP contribution in [-0.2, 0) is 14.2 Å². The lowest BCUT2D eigenvalue weighted by Gasteiger charge is -2.25. The first-order chi connectivity index (χ1) is 12.0. The molecule has 0 unspecified atom stereocenters. The smallest absolute Gasteiger partial charge is 0.429 e. The molecule has 2 heterocycles. The van der Waals surface area contributed by atoms with E-state index in [1.54, 1.807) is 20.8 Å². The van der Waals surface area contributed by atoms with Crippen LogP contribution in [0.15, 0.2) is 17.1 Å². The summed E-state index contributed by atoms with van der Waals surface area (Å²) in [6.45, 7) is 3.77. The predicted octanol–water partition coefficient (Wildman–Crippen LogP) is 1.13. The molecule has 1 aliphatic rings. The fourth-order valence-electron chi connectivity index (χ4n) is 2.37. The first-order valence-electron chi connectivity index (χ1n) is 7.80. The lowest BCUT2D eigenvalue weighted by atomic mass is 10.1. The van der Waals surface area contributed by atoms with Crippen LogP contribution in [0.25, 0.3) is 0 Å². The number of hydrogen-bond acceptors (Lipinski definition) is 8. The molecule has 0 spiro atoms. The number of carbonyl (C=O) groups excluding carboxylic acids is 1. The minimum Gasteiger partial charge on any atom is -0.429 e. The van der Waals surface area contributed by atoms with Crippen LogP contribution in [0.4, 0.5) is 19.4 Å². The van der Waals surface area contributed by atoms with Gasteiger partial charge in [0.05, 0.1) is 6.61 Å². The molecule has 146 valence electrons. The molecular formula is C15H21F2N3O6. The lowest BCUT2D eigenvalue weighted by molar-refractivity contribution is -0.149. The van der Waals surface area contributed by atoms with Gasteiger partial charge in [0.25, 0.3) is 0 Å². The molecule has 1 aliphatic heterocycles. The molecular weight excluding hydrogens is 356 g/mol. The lowest BCUT2D eigenvalue weighted by Crippen LogP contribution is -2.45. The summed E-state index contributed by atoms with van der Waals surface area (Å²) in [5, 5.41) is 11.9. The maximum Gasteiger partial charge on any atom is 0.509 e. The summed E-state index contributed by atoms with van der Waals surface area (Å²) in [6.07, 6.45) is -6.04. The van der Waals surface area contributed by atoms with E-state index in [1.165, 1.54) is 13.1 Å². The van der Waals surface area contributed by atoms with Crippen LogP contribution in [0.3, 0.4) is 0 Å². The van der Waals surface area contributed by atoms with E-state index in [9.17, 15) is 23.5 Å². The number of aliphatic hydroxyl groups excluding tert-OH is 1. The number of aromatic nitrogens is 2. The number of halogens is 2. The van der Waals surface area contributed by atoms with Crippen molar-refractivity contribution in [3.63, 3.8) is 0 Å². The zero-order chi connectivity index (χ0) is 19.7. The summed E-state index contributed by atoms with van der Waals surface area (Å²) in [4.78, 5) is 27.3. The quantitative estimate of drug-likeness (QED) is 0.751. The van der Waals surface area contributed by atoms with Gasteiger partial charge in [-0.05, 0) is 26.8 Å². The first-order valence-corrected chi connectivity index (χ1v) is 7.80. The van der Waals surface area contributed by atoms with Crippen LogP contribution in [-0.4, -0.2) is 58.2 Å². The van der Waals surface area contributed by atoms with Gasteiger partial charge in [-0.25, -0.2) is 9.59 Å². The third-order valence-electron chi connectivity index (χ3n) is 3.48. The molecule has 0 bridgehead atoms. The summed E-state index contributed by atoms with van der Waals surface area (Å²) in [5.74, 6) is -3.62. The molecule has 1 saturated heterocycles. The number of rotatable bonds is 4. The number of nitrogens with zero attached hydrogens (tertiary/aromatic N) is 2. The van der Waals surface area contributed by atoms with E-state index in [4.69, 9.17) is 14.2 Å². The molecule has 0 amide bonds. The van der Waals surface area contributed by atoms with Crippen molar-refractivity contribution in [2.75, 3.05) is 19.0 Å². The van der Waals surface area contributed by atoms with Crippen LogP contribution in [0, 0.1) is 0 Å². The molecule has 3 atom stereocenters. The standard InChI is InChI=1S/C15H21F2N3O6/c1-14(2,3)26-13(23)25-10-8(7-21)24-11(15(10,16)17)20-6-5-9(18-4)19-12(20)22/h5-6,8,10-11,21H,7H2,1-4H3,(H,18,19,22)/t8-,10-,11-/m1/s1. The van der Waals surface area contributed by atoms with Crippen LogP contribution in [0.1, 0.15) is 27.0 Å². The molecule has 0 saturated carbocycles. The van der Waals surface area contributed by atoms with Crippen molar-refractivity contribution in [2.24, 2.45) is 0 Å². The van der Waals surface area contributed by atoms with Gasteiger partial charge in [-0.1, -0.05) is 0 Å². The zero-order valence-electron chi connectivity index (χ0n) is 14.7. The highest BCUT2D eigenvalue weighted by Gasteiger charge is 2.62. The van der Waals surface area contributed by atoms with Gasteiger partial charge in [0, 0.05) is 13.2 Å². The highest BCUT2D eigenvalue weighted by molar-refractivity contribution is 5.61. The Balaban J connectivity index is 2.29. The van der Waals surface area contributed by atoms with Crippen LogP contribution in [0.2, 0.25) is 0 Å². The maximum absolute atomic E-state index is 14.8. The van der Waals surface area contributed by atoms with Crippen LogP contribution in [0.5, 0.6) is 0 Å². The molecule has 2 N–H and O–H groups in total. The maximum atomic E-state index is 14.8. The van der Waals surface area contributed by atoms with Gasteiger partial charge in [0.15, 0.2) is 0 Å². The molecule has 1 aromatic heterocycles. The second kappa shape index (κ2) is 7.16. The summed E-state index contributed by atoms with van der Waals surface area (Å²) >= 11 is 0. The van der Waals surface area contributed by atoms with Gasteiger partial charge in [-0.15, -0.1) is 0 Å². The van der Waals surface area contributed by atoms with E-state index in [2.05, 4.69) is 10.3 Å². The number of aliphatic hydroxyl groups is 1. The Hall–Kier alpha value is -2.27. The van der Waals surface area contributed by atoms with Crippen molar-refractivity contribution in [1.29, 1.82) is 0 Å². The second-order valence-electron chi connectivity index (χ2n) is 6.64. The van der Waals surface area contributed by atoms with E-state index in [0.29, 0.717) is 4.57 Å². The molecule has 0 radical (unpaired) electrons. The van der Waals surface area contributed by atoms with E-state index >= 15 is 0 Å². The average Bonchev–Trinajstić information content (AvgIpc) is 2.76. The third-order valence-corrected chi connectivity index (χ3v) is 3.48. The molecule has 2 rings (SSSR count). The molecule has 9 nitrogen and oxygen atoms in total. The Labute approximate surface area is 147 Å². The Kier molecular flexibility index (Phi) is 5.52. The minimum absolute atomic E-state index is 0.188. The molecule has 0 aliphatic carbocycles. The normalized spacial score (nSPS) is 25.0. The van der Waals surface area contributed by atoms with Gasteiger partial charge < -0.3 is 24.6 Å². The Bertz CT molecular complexity index is 718. The highest BCUT2D eigenvalue weighted by atomic mass is 19.3. The fourth-order valence-corrected chi connectivity index (χ4v) is 2.37. The van der Waals surface area contributed by atoms with Crippen molar-refractivity contribution in [2.45, 2.75) is 50.7 Å². The average molecular weight is 377 g/mol. The SMILES string of the molecule is CNc1ccn([C@@H]2O[C@H](CO)[C@@H](OC(=O)OC(C)(C)C)C2(F)F)c(=O)n1. The van der Waals surface area contributed by atoms with E-state index in [1.807, 2.05) is 0 Å². The van der Waals surface area contributed by atoms with E-state index < -0.39 is 48.4 Å². The van der Waals surface area contributed by atoms with Crippen molar-refractivity contribution >= 4 is 12.0 Å². The molecule has 1 aromatic rings. The number of nitrogens with one attached hydrogen (secondary N) is 1. The predicted molar refractivity (Wildman–Crippen MR) is 85.1 cm³/mol. The molecule has 1 fully saturated rings. The fraction of sp³-hybridized carbons (Fsp3) is 0.667. The Morgan fingerprint density at radius 3 is 2.65 bits per heavy atom. The van der Waals surface area contributed by atoms with Crippen molar-refractivity contribution < 1.29 is 32.9 Å². The molecule has 26 heavy (non-hydrogen) atoms. The van der Waals surface area contributed by atoms with Crippen molar-refractivity contribution in [3.8, 4) is 0 Å². The first kappa shape index (κ1) is 20.0. The highest BCUT2D eigenvalue weighted by Crippen LogP contribution is 2.44. The number of hydrogen-bond donors (Lipinski definition) is 2. The topological polar surface area (TPSA) is 112 Å². The summed E-state index contributed by atoms with van der Waals surface area (Å²) in [6, 6.07) is 1.30. The number of carbonyl (C=O) groups is 1. The summed E-state index contributed by atoms with van der Waals surface area (Å²) in [5.41, 5.74) is -1.94. The molecule has 0 aromatic carbocycles. The van der Waals surface area contributed by atoms with Crippen molar-refractivity contribution in [1.82, 2.24) is 9.55 Å². The third kappa shape index (κ3) is 4.10. The zero-order valence-corrected chi connectivity index (χ0v) is 14.7. The molecule has 11 heteroatoms. The van der Waals surface area contributed by atoms with Crippen molar-refractivity contribution in [3.05, 3.63) is 22.7 Å². The van der Waals surface area contributed by atoms with Crippen LogP contribution >= 0.6 is 0 Å². The van der Waals surface area contributed by atoms with Gasteiger partial charge in [0.1, 0.15) is 17.5 Å².